The fraction of sp³-hybridized carbons (Fsp3) is 0.462. The van der Waals surface area contributed by atoms with E-state index < -0.39 is 0 Å². The topological polar surface area (TPSA) is 40.5 Å². The van der Waals surface area contributed by atoms with Crippen LogP contribution in [0.1, 0.15) is 23.6 Å². The molecule has 1 aliphatic heterocycles. The molecular weight excluding hydrogens is 202 g/mol. The molecule has 0 aliphatic carbocycles. The van der Waals surface area contributed by atoms with Crippen LogP contribution in [0.25, 0.3) is 0 Å². The Kier molecular flexibility index (Phi) is 2.72. The summed E-state index contributed by atoms with van der Waals surface area (Å²) in [5, 5.41) is 9.32. The quantitative estimate of drug-likeness (QED) is 0.779. The minimum atomic E-state index is -0.0898. The van der Waals surface area contributed by atoms with Crippen molar-refractivity contribution >= 4 is 11.6 Å². The molecule has 3 nitrogen and oxygen atoms in total. The number of carbonyl (C=O) groups excluding carboxylic acids is 1. The molecule has 1 aliphatic rings. The zero-order valence-electron chi connectivity index (χ0n) is 9.95. The lowest BCUT2D eigenvalue weighted by molar-refractivity contribution is -0.117. The van der Waals surface area contributed by atoms with Gasteiger partial charge in [0.2, 0.25) is 5.91 Å². The number of amides is 1. The molecule has 3 heteroatoms. The second-order valence-electron chi connectivity index (χ2n) is 4.51. The van der Waals surface area contributed by atoms with Crippen molar-refractivity contribution in [2.75, 3.05) is 11.5 Å². The molecule has 0 aromatic heterocycles. The van der Waals surface area contributed by atoms with Gasteiger partial charge < -0.3 is 10.0 Å². The number of benzene rings is 1. The molecule has 86 valence electrons. The van der Waals surface area contributed by atoms with Gasteiger partial charge in [-0.15, -0.1) is 0 Å². The minimum Gasteiger partial charge on any atom is -0.394 e. The van der Waals surface area contributed by atoms with Crippen LogP contribution in [0.4, 0.5) is 5.69 Å². The van der Waals surface area contributed by atoms with Crippen LogP contribution in [0.15, 0.2) is 12.1 Å². The number of aliphatic hydroxyl groups excluding tert-OH is 1. The number of hydrogen-bond donors (Lipinski definition) is 1. The van der Waals surface area contributed by atoms with Gasteiger partial charge in [0.05, 0.1) is 12.6 Å². The van der Waals surface area contributed by atoms with Gasteiger partial charge in [0.1, 0.15) is 0 Å². The summed E-state index contributed by atoms with van der Waals surface area (Å²) in [5.41, 5.74) is 4.53. The SMILES string of the molecule is CC(=O)N1c2cc(C)cc(C)c2CC1CO. The van der Waals surface area contributed by atoms with E-state index in [0.717, 1.165) is 17.7 Å². The van der Waals surface area contributed by atoms with Gasteiger partial charge in [-0.1, -0.05) is 6.07 Å². The van der Waals surface area contributed by atoms with Crippen LogP contribution in [-0.4, -0.2) is 23.7 Å². The second kappa shape index (κ2) is 3.91. The number of nitrogens with zero attached hydrogens (tertiary/aromatic N) is 1. The zero-order valence-corrected chi connectivity index (χ0v) is 9.95. The Hall–Kier alpha value is -1.35. The van der Waals surface area contributed by atoms with Gasteiger partial charge in [0.15, 0.2) is 0 Å². The van der Waals surface area contributed by atoms with Crippen LogP contribution in [0, 0.1) is 13.8 Å². The Labute approximate surface area is 95.7 Å². The van der Waals surface area contributed by atoms with Crippen molar-refractivity contribution in [1.82, 2.24) is 0 Å². The highest BCUT2D eigenvalue weighted by atomic mass is 16.3. The molecule has 0 radical (unpaired) electrons. The molecule has 1 atom stereocenters. The van der Waals surface area contributed by atoms with E-state index >= 15 is 0 Å². The number of anilines is 1. The summed E-state index contributed by atoms with van der Waals surface area (Å²) in [5.74, 6) is 0.00259. The lowest BCUT2D eigenvalue weighted by atomic mass is 10.0. The fourth-order valence-electron chi connectivity index (χ4n) is 2.55. The van der Waals surface area contributed by atoms with Gasteiger partial charge in [0, 0.05) is 12.6 Å². The predicted molar refractivity (Wildman–Crippen MR) is 63.7 cm³/mol. The third kappa shape index (κ3) is 1.61. The average Bonchev–Trinajstić information content (AvgIpc) is 2.56. The smallest absolute Gasteiger partial charge is 0.224 e. The predicted octanol–water partition coefficient (Wildman–Crippen LogP) is 1.57. The Morgan fingerprint density at radius 3 is 2.75 bits per heavy atom. The highest BCUT2D eigenvalue weighted by molar-refractivity contribution is 5.95. The molecule has 0 saturated carbocycles. The summed E-state index contributed by atoms with van der Waals surface area (Å²) in [4.78, 5) is 13.3. The van der Waals surface area contributed by atoms with E-state index in [2.05, 4.69) is 13.0 Å². The van der Waals surface area contributed by atoms with E-state index in [1.54, 1.807) is 11.8 Å². The van der Waals surface area contributed by atoms with Crippen molar-refractivity contribution in [3.8, 4) is 0 Å². The summed E-state index contributed by atoms with van der Waals surface area (Å²) in [7, 11) is 0. The molecule has 2 rings (SSSR count). The van der Waals surface area contributed by atoms with Gasteiger partial charge in [-0.2, -0.15) is 0 Å². The van der Waals surface area contributed by atoms with Crippen LogP contribution in [0.5, 0.6) is 0 Å². The maximum atomic E-state index is 11.6. The lowest BCUT2D eigenvalue weighted by Gasteiger charge is -2.22. The molecule has 1 amide bonds. The first-order valence-corrected chi connectivity index (χ1v) is 5.55. The van der Waals surface area contributed by atoms with Crippen molar-refractivity contribution in [1.29, 1.82) is 0 Å². The number of aliphatic hydroxyl groups is 1. The monoisotopic (exact) mass is 219 g/mol. The van der Waals surface area contributed by atoms with E-state index in [4.69, 9.17) is 0 Å². The molecule has 0 fully saturated rings. The number of carbonyl (C=O) groups is 1. The number of fused-ring (bicyclic) bond motifs is 1. The standard InChI is InChI=1S/C13H17NO2/c1-8-4-9(2)12-6-11(7-15)14(10(3)16)13(12)5-8/h4-5,11,15H,6-7H2,1-3H3. The first-order valence-electron chi connectivity index (χ1n) is 5.55. The van der Waals surface area contributed by atoms with Crippen LogP contribution in [-0.2, 0) is 11.2 Å². The summed E-state index contributed by atoms with van der Waals surface area (Å²) >= 11 is 0. The molecule has 1 aromatic carbocycles. The van der Waals surface area contributed by atoms with E-state index in [-0.39, 0.29) is 18.6 Å². The average molecular weight is 219 g/mol. The van der Waals surface area contributed by atoms with Crippen LogP contribution in [0.3, 0.4) is 0 Å². The third-order valence-corrected chi connectivity index (χ3v) is 3.21. The van der Waals surface area contributed by atoms with Crippen molar-refractivity contribution in [3.63, 3.8) is 0 Å². The van der Waals surface area contributed by atoms with Gasteiger partial charge in [-0.05, 0) is 43.0 Å². The van der Waals surface area contributed by atoms with Crippen LogP contribution < -0.4 is 4.90 Å². The maximum Gasteiger partial charge on any atom is 0.224 e. The maximum absolute atomic E-state index is 11.6. The normalized spacial score (nSPS) is 18.8. The Morgan fingerprint density at radius 2 is 2.19 bits per heavy atom. The molecule has 1 N–H and O–H groups in total. The van der Waals surface area contributed by atoms with E-state index in [9.17, 15) is 9.90 Å². The highest BCUT2D eigenvalue weighted by Gasteiger charge is 2.32. The number of rotatable bonds is 1. The van der Waals surface area contributed by atoms with Crippen molar-refractivity contribution in [2.24, 2.45) is 0 Å². The van der Waals surface area contributed by atoms with E-state index in [0.29, 0.717) is 0 Å². The molecule has 16 heavy (non-hydrogen) atoms. The molecule has 1 aromatic rings. The Morgan fingerprint density at radius 1 is 1.50 bits per heavy atom. The van der Waals surface area contributed by atoms with Gasteiger partial charge in [0.25, 0.3) is 0 Å². The zero-order chi connectivity index (χ0) is 11.9. The molecule has 1 unspecified atom stereocenters. The lowest BCUT2D eigenvalue weighted by Crippen LogP contribution is -2.38. The van der Waals surface area contributed by atoms with Gasteiger partial charge in [-0.25, -0.2) is 0 Å². The summed E-state index contributed by atoms with van der Waals surface area (Å²) in [6.07, 6.45) is 0.761. The van der Waals surface area contributed by atoms with Gasteiger partial charge >= 0.3 is 0 Å². The summed E-state index contributed by atoms with van der Waals surface area (Å²) < 4.78 is 0. The largest absolute Gasteiger partial charge is 0.394 e. The molecule has 0 spiro atoms. The van der Waals surface area contributed by atoms with E-state index in [1.165, 1.54) is 11.1 Å². The first-order chi connectivity index (χ1) is 7.54. The van der Waals surface area contributed by atoms with Gasteiger partial charge in [-0.3, -0.25) is 4.79 Å². The van der Waals surface area contributed by atoms with Crippen molar-refractivity contribution in [2.45, 2.75) is 33.2 Å². The fourth-order valence-corrected chi connectivity index (χ4v) is 2.55. The molecule has 1 heterocycles. The molecule has 0 saturated heterocycles. The summed E-state index contributed by atoms with van der Waals surface area (Å²) in [6.45, 7) is 5.66. The van der Waals surface area contributed by atoms with Crippen molar-refractivity contribution < 1.29 is 9.90 Å². The minimum absolute atomic E-state index is 0.00259. The molecular formula is C13H17NO2. The third-order valence-electron chi connectivity index (χ3n) is 3.21. The summed E-state index contributed by atoms with van der Waals surface area (Å²) in [6, 6.07) is 4.06. The first kappa shape index (κ1) is 11.1. The van der Waals surface area contributed by atoms with Crippen molar-refractivity contribution in [3.05, 3.63) is 28.8 Å². The Bertz CT molecular complexity index is 440. The number of aryl methyl sites for hydroxylation is 2. The highest BCUT2D eigenvalue weighted by Crippen LogP contribution is 2.35. The molecule has 0 bridgehead atoms. The van der Waals surface area contributed by atoms with E-state index in [1.807, 2.05) is 13.0 Å². The van der Waals surface area contributed by atoms with Crippen LogP contribution in [0.2, 0.25) is 0 Å². The second-order valence-corrected chi connectivity index (χ2v) is 4.51. The Balaban J connectivity index is 2.54. The number of hydrogen-bond acceptors (Lipinski definition) is 2. The van der Waals surface area contributed by atoms with Crippen LogP contribution >= 0.6 is 0 Å².